The van der Waals surface area contributed by atoms with Crippen LogP contribution in [0.2, 0.25) is 0 Å². The Morgan fingerprint density at radius 3 is 2.09 bits per heavy atom. The largest absolute Gasteiger partial charge is 0.497 e. The Hall–Kier alpha value is -2.62. The van der Waals surface area contributed by atoms with Crippen molar-refractivity contribution in [3.8, 4) is 11.5 Å². The molecule has 1 amide bonds. The van der Waals surface area contributed by atoms with Crippen molar-refractivity contribution in [2.24, 2.45) is 5.92 Å². The number of rotatable bonds is 7. The Morgan fingerprint density at radius 2 is 1.52 bits per heavy atom. The molecule has 33 heavy (non-hydrogen) atoms. The highest BCUT2D eigenvalue weighted by molar-refractivity contribution is 7.89. The predicted molar refractivity (Wildman–Crippen MR) is 123 cm³/mol. The Kier molecular flexibility index (Phi) is 7.21. The number of hydrogen-bond donors (Lipinski definition) is 1. The Balaban J connectivity index is 1.55. The van der Waals surface area contributed by atoms with E-state index >= 15 is 0 Å². The van der Waals surface area contributed by atoms with Gasteiger partial charge in [-0.2, -0.15) is 0 Å². The lowest BCUT2D eigenvalue weighted by atomic mass is 9.88. The third-order valence-corrected chi connectivity index (χ3v) is 7.97. The van der Waals surface area contributed by atoms with E-state index in [0.717, 1.165) is 11.3 Å². The smallest absolute Gasteiger partial charge is 0.240 e. The van der Waals surface area contributed by atoms with Crippen LogP contribution in [0.3, 0.4) is 0 Å². The van der Waals surface area contributed by atoms with E-state index in [0.29, 0.717) is 44.9 Å². The zero-order valence-electron chi connectivity index (χ0n) is 18.9. The predicted octanol–water partition coefficient (Wildman–Crippen LogP) is 2.40. The number of carbonyl (C=O) groups excluding carboxylic acids is 1. The molecule has 2 aliphatic rings. The molecule has 0 bridgehead atoms. The number of morpholine rings is 1. The molecule has 4 rings (SSSR count). The molecule has 2 fully saturated rings. The van der Waals surface area contributed by atoms with E-state index in [1.807, 2.05) is 29.2 Å². The van der Waals surface area contributed by atoms with Crippen LogP contribution in [0, 0.1) is 5.92 Å². The number of carbonyl (C=O) groups is 1. The summed E-state index contributed by atoms with van der Waals surface area (Å²) >= 11 is 0. The zero-order valence-corrected chi connectivity index (χ0v) is 19.7. The maximum Gasteiger partial charge on any atom is 0.240 e. The molecule has 2 aromatic carbocycles. The number of methoxy groups -OCH3 is 2. The van der Waals surface area contributed by atoms with Crippen molar-refractivity contribution in [1.29, 1.82) is 0 Å². The van der Waals surface area contributed by atoms with Gasteiger partial charge in [-0.05, 0) is 60.7 Å². The number of sulfonamides is 1. The minimum atomic E-state index is -3.73. The quantitative estimate of drug-likeness (QED) is 0.662. The lowest BCUT2D eigenvalue weighted by Crippen LogP contribution is -2.44. The van der Waals surface area contributed by atoms with E-state index in [9.17, 15) is 13.2 Å². The number of ether oxygens (including phenoxy) is 3. The Morgan fingerprint density at radius 1 is 0.939 bits per heavy atom. The van der Waals surface area contributed by atoms with Gasteiger partial charge in [-0.3, -0.25) is 4.79 Å². The highest BCUT2D eigenvalue weighted by Gasteiger charge is 2.42. The molecule has 1 aliphatic carbocycles. The molecule has 1 N–H and O–H groups in total. The van der Waals surface area contributed by atoms with Crippen LogP contribution < -0.4 is 14.2 Å². The topological polar surface area (TPSA) is 94.2 Å². The molecule has 3 atom stereocenters. The molecule has 1 saturated heterocycles. The third-order valence-electron chi connectivity index (χ3n) is 6.44. The average molecular weight is 475 g/mol. The maximum atomic E-state index is 13.4. The van der Waals surface area contributed by atoms with Crippen molar-refractivity contribution in [2.75, 3.05) is 40.5 Å². The number of nitrogens with zero attached hydrogens (tertiary/aromatic N) is 1. The second-order valence-corrected chi connectivity index (χ2v) is 10.1. The van der Waals surface area contributed by atoms with Gasteiger partial charge in [0.2, 0.25) is 15.9 Å². The fraction of sp³-hybridized carbons (Fsp3) is 0.458. The van der Waals surface area contributed by atoms with E-state index in [1.165, 1.54) is 19.2 Å². The molecule has 1 aliphatic heterocycles. The molecule has 0 aromatic heterocycles. The fourth-order valence-electron chi connectivity index (χ4n) is 4.69. The number of nitrogens with one attached hydrogen (secondary N) is 1. The molecule has 178 valence electrons. The van der Waals surface area contributed by atoms with E-state index < -0.39 is 10.0 Å². The average Bonchev–Trinajstić information content (AvgIpc) is 3.27. The summed E-state index contributed by atoms with van der Waals surface area (Å²) in [5.74, 6) is 0.996. The first-order valence-corrected chi connectivity index (χ1v) is 12.6. The molecule has 2 aromatic rings. The summed E-state index contributed by atoms with van der Waals surface area (Å²) in [5, 5.41) is 0. The molecule has 9 heteroatoms. The van der Waals surface area contributed by atoms with Crippen molar-refractivity contribution in [2.45, 2.75) is 29.7 Å². The summed E-state index contributed by atoms with van der Waals surface area (Å²) in [6.45, 7) is 2.18. The molecule has 1 saturated carbocycles. The SMILES string of the molecule is COc1ccc([C@H]2C[C@H](NS(=O)(=O)c3ccc(OC)cc3)C[C@@H]2C(=O)N2CCOCC2)cc1. The third kappa shape index (κ3) is 5.31. The summed E-state index contributed by atoms with van der Waals surface area (Å²) in [7, 11) is -0.586. The Bertz CT molecular complexity index is 1050. The highest BCUT2D eigenvalue weighted by Crippen LogP contribution is 2.42. The van der Waals surface area contributed by atoms with Crippen LogP contribution in [-0.2, 0) is 19.6 Å². The van der Waals surface area contributed by atoms with E-state index in [-0.39, 0.29) is 28.7 Å². The van der Waals surface area contributed by atoms with Gasteiger partial charge in [0.15, 0.2) is 0 Å². The van der Waals surface area contributed by atoms with Crippen molar-refractivity contribution in [3.63, 3.8) is 0 Å². The van der Waals surface area contributed by atoms with Crippen molar-refractivity contribution in [3.05, 3.63) is 54.1 Å². The summed E-state index contributed by atoms with van der Waals surface area (Å²) in [5.41, 5.74) is 1.01. The van der Waals surface area contributed by atoms with Gasteiger partial charge in [0, 0.05) is 25.0 Å². The minimum absolute atomic E-state index is 0.0604. The minimum Gasteiger partial charge on any atom is -0.497 e. The van der Waals surface area contributed by atoms with Gasteiger partial charge in [0.1, 0.15) is 11.5 Å². The molecule has 1 heterocycles. The summed E-state index contributed by atoms with van der Waals surface area (Å²) in [6.07, 6.45) is 0.991. The Labute approximate surface area is 194 Å². The number of amides is 1. The molecular formula is C24H30N2O6S. The van der Waals surface area contributed by atoms with Crippen molar-refractivity contribution in [1.82, 2.24) is 9.62 Å². The first-order valence-electron chi connectivity index (χ1n) is 11.1. The van der Waals surface area contributed by atoms with Gasteiger partial charge >= 0.3 is 0 Å². The summed E-state index contributed by atoms with van der Waals surface area (Å²) in [6, 6.07) is 13.6. The summed E-state index contributed by atoms with van der Waals surface area (Å²) in [4.78, 5) is 15.4. The highest BCUT2D eigenvalue weighted by atomic mass is 32.2. The van der Waals surface area contributed by atoms with Gasteiger partial charge in [-0.25, -0.2) is 13.1 Å². The lowest BCUT2D eigenvalue weighted by molar-refractivity contribution is -0.140. The van der Waals surface area contributed by atoms with E-state index in [2.05, 4.69) is 4.72 Å². The zero-order chi connectivity index (χ0) is 23.4. The van der Waals surface area contributed by atoms with Crippen LogP contribution in [-0.4, -0.2) is 65.8 Å². The molecule has 0 unspecified atom stereocenters. The van der Waals surface area contributed by atoms with Gasteiger partial charge in [0.25, 0.3) is 0 Å². The van der Waals surface area contributed by atoms with E-state index in [4.69, 9.17) is 14.2 Å². The van der Waals surface area contributed by atoms with Crippen molar-refractivity contribution < 1.29 is 27.4 Å². The van der Waals surface area contributed by atoms with Crippen LogP contribution in [0.4, 0.5) is 0 Å². The van der Waals surface area contributed by atoms with Crippen molar-refractivity contribution >= 4 is 15.9 Å². The van der Waals surface area contributed by atoms with Crippen LogP contribution >= 0.6 is 0 Å². The normalized spacial score (nSPS) is 23.3. The standard InChI is InChI=1S/C24H30N2O6S/c1-30-19-5-3-17(4-6-19)22-15-18(16-23(22)24(27)26-11-13-32-14-12-26)25-33(28,29)21-9-7-20(31-2)8-10-21/h3-10,18,22-23,25H,11-16H2,1-2H3/t18-,22+,23-/m0/s1. The maximum absolute atomic E-state index is 13.4. The second-order valence-electron chi connectivity index (χ2n) is 8.39. The molecule has 8 nitrogen and oxygen atoms in total. The fourth-order valence-corrected chi connectivity index (χ4v) is 5.95. The van der Waals surface area contributed by atoms with Crippen LogP contribution in [0.15, 0.2) is 53.4 Å². The van der Waals surface area contributed by atoms with Gasteiger partial charge in [-0.1, -0.05) is 12.1 Å². The number of hydrogen-bond acceptors (Lipinski definition) is 6. The first kappa shape index (κ1) is 23.5. The first-order chi connectivity index (χ1) is 15.9. The second kappa shape index (κ2) is 10.1. The van der Waals surface area contributed by atoms with Crippen LogP contribution in [0.25, 0.3) is 0 Å². The molecule has 0 radical (unpaired) electrons. The summed E-state index contributed by atoms with van der Waals surface area (Å²) < 4.78 is 44.6. The monoisotopic (exact) mass is 474 g/mol. The lowest BCUT2D eigenvalue weighted by Gasteiger charge is -2.31. The van der Waals surface area contributed by atoms with Gasteiger partial charge < -0.3 is 19.1 Å². The van der Waals surface area contributed by atoms with Gasteiger partial charge in [-0.15, -0.1) is 0 Å². The van der Waals surface area contributed by atoms with Gasteiger partial charge in [0.05, 0.1) is 32.3 Å². The molecule has 0 spiro atoms. The van der Waals surface area contributed by atoms with Crippen LogP contribution in [0.1, 0.15) is 24.3 Å². The van der Waals surface area contributed by atoms with Crippen LogP contribution in [0.5, 0.6) is 11.5 Å². The van der Waals surface area contributed by atoms with E-state index in [1.54, 1.807) is 19.2 Å². The number of benzene rings is 2. The molecular weight excluding hydrogens is 444 g/mol.